The molecule has 1 aliphatic rings. The predicted molar refractivity (Wildman–Crippen MR) is 90.4 cm³/mol. The first-order valence-electron chi connectivity index (χ1n) is 8.19. The predicted octanol–water partition coefficient (Wildman–Crippen LogP) is 1.70. The average Bonchev–Trinajstić information content (AvgIpc) is 3.25. The molecule has 0 spiro atoms. The molecule has 7 heteroatoms. The third-order valence-corrected chi connectivity index (χ3v) is 4.65. The Bertz CT molecular complexity index is 867. The highest BCUT2D eigenvalue weighted by Crippen LogP contribution is 2.24. The molecule has 1 atom stereocenters. The number of hydrogen-bond donors (Lipinski definition) is 2. The quantitative estimate of drug-likeness (QED) is 0.764. The van der Waals surface area contributed by atoms with Crippen molar-refractivity contribution in [2.75, 3.05) is 13.1 Å². The van der Waals surface area contributed by atoms with Crippen molar-refractivity contribution in [1.82, 2.24) is 24.6 Å². The number of aromatic nitrogens is 4. The normalized spacial score (nSPS) is 18.9. The number of aromatic amines is 1. The molecule has 24 heavy (non-hydrogen) atoms. The summed E-state index contributed by atoms with van der Waals surface area (Å²) in [5.41, 5.74) is 7.74. The van der Waals surface area contributed by atoms with Crippen LogP contribution in [0.25, 0.3) is 10.9 Å². The van der Waals surface area contributed by atoms with Crippen molar-refractivity contribution < 1.29 is 4.79 Å². The molecular formula is C17H20N6O. The van der Waals surface area contributed by atoms with Crippen molar-refractivity contribution in [3.05, 3.63) is 48.2 Å². The number of benzene rings is 1. The highest BCUT2D eigenvalue weighted by atomic mass is 16.1. The van der Waals surface area contributed by atoms with Crippen LogP contribution < -0.4 is 5.73 Å². The second-order valence-corrected chi connectivity index (χ2v) is 6.30. The van der Waals surface area contributed by atoms with Gasteiger partial charge in [-0.1, -0.05) is 18.2 Å². The standard InChI is InChI=1S/C17H20N6O/c18-16(24)17-20-11-23(21-17)14-5-2-8-22(10-14)9-13-4-1-3-12-6-7-19-15(12)13/h1,3-4,6-7,11,14,19H,2,5,8-10H2,(H2,18,24)/t14-/m0/s1. The molecule has 0 saturated carbocycles. The minimum atomic E-state index is -0.583. The molecule has 0 radical (unpaired) electrons. The number of hydrogen-bond acceptors (Lipinski definition) is 4. The summed E-state index contributed by atoms with van der Waals surface area (Å²) in [6.07, 6.45) is 5.72. The van der Waals surface area contributed by atoms with Gasteiger partial charge in [-0.25, -0.2) is 9.67 Å². The lowest BCUT2D eigenvalue weighted by Gasteiger charge is -2.32. The Morgan fingerprint density at radius 1 is 1.38 bits per heavy atom. The number of primary amides is 1. The van der Waals surface area contributed by atoms with E-state index in [-0.39, 0.29) is 11.9 Å². The van der Waals surface area contributed by atoms with Crippen LogP contribution in [0.4, 0.5) is 0 Å². The van der Waals surface area contributed by atoms with Gasteiger partial charge >= 0.3 is 0 Å². The van der Waals surface area contributed by atoms with E-state index in [1.807, 2.05) is 6.20 Å². The van der Waals surface area contributed by atoms with Crippen LogP contribution in [0.3, 0.4) is 0 Å². The molecule has 1 amide bonds. The number of para-hydroxylation sites is 1. The van der Waals surface area contributed by atoms with E-state index in [1.165, 1.54) is 16.5 Å². The van der Waals surface area contributed by atoms with Crippen molar-refractivity contribution in [1.29, 1.82) is 0 Å². The molecule has 3 heterocycles. The second kappa shape index (κ2) is 6.09. The molecule has 0 unspecified atom stereocenters. The van der Waals surface area contributed by atoms with E-state index in [0.717, 1.165) is 32.5 Å². The van der Waals surface area contributed by atoms with Crippen LogP contribution in [0.5, 0.6) is 0 Å². The minimum absolute atomic E-state index is 0.0864. The molecule has 7 nitrogen and oxygen atoms in total. The number of nitrogens with one attached hydrogen (secondary N) is 1. The van der Waals surface area contributed by atoms with Gasteiger partial charge < -0.3 is 10.7 Å². The number of likely N-dealkylation sites (tertiary alicyclic amines) is 1. The second-order valence-electron chi connectivity index (χ2n) is 6.30. The van der Waals surface area contributed by atoms with Gasteiger partial charge in [0.05, 0.1) is 6.04 Å². The molecule has 0 bridgehead atoms. The van der Waals surface area contributed by atoms with E-state index >= 15 is 0 Å². The zero-order valence-corrected chi connectivity index (χ0v) is 13.4. The molecule has 0 aliphatic carbocycles. The lowest BCUT2D eigenvalue weighted by molar-refractivity contribution is 0.0989. The van der Waals surface area contributed by atoms with Gasteiger partial charge in [0.25, 0.3) is 5.91 Å². The van der Waals surface area contributed by atoms with Crippen molar-refractivity contribution in [3.8, 4) is 0 Å². The maximum Gasteiger partial charge on any atom is 0.288 e. The van der Waals surface area contributed by atoms with Crippen LogP contribution in [0.2, 0.25) is 0 Å². The molecule has 1 aliphatic heterocycles. The van der Waals surface area contributed by atoms with Crippen molar-refractivity contribution in [2.45, 2.75) is 25.4 Å². The zero-order valence-electron chi connectivity index (χ0n) is 13.4. The third-order valence-electron chi connectivity index (χ3n) is 4.65. The third kappa shape index (κ3) is 2.78. The number of piperidine rings is 1. The Morgan fingerprint density at radius 3 is 3.12 bits per heavy atom. The van der Waals surface area contributed by atoms with Crippen LogP contribution in [0.15, 0.2) is 36.8 Å². The molecule has 3 aromatic rings. The SMILES string of the molecule is NC(=O)c1ncn([C@H]2CCCN(Cc3cccc4cc[nH]c34)C2)n1. The fourth-order valence-electron chi connectivity index (χ4n) is 3.48. The lowest BCUT2D eigenvalue weighted by Crippen LogP contribution is -2.36. The number of amides is 1. The van der Waals surface area contributed by atoms with Crippen LogP contribution >= 0.6 is 0 Å². The van der Waals surface area contributed by atoms with Crippen LogP contribution in [-0.4, -0.2) is 43.6 Å². The van der Waals surface area contributed by atoms with Crippen LogP contribution in [-0.2, 0) is 6.54 Å². The first kappa shape index (κ1) is 14.9. The number of carbonyl (C=O) groups excluding carboxylic acids is 1. The number of carbonyl (C=O) groups is 1. The summed E-state index contributed by atoms with van der Waals surface area (Å²) >= 11 is 0. The molecule has 2 aromatic heterocycles. The summed E-state index contributed by atoms with van der Waals surface area (Å²) in [5.74, 6) is -0.497. The van der Waals surface area contributed by atoms with Gasteiger partial charge in [0.2, 0.25) is 5.82 Å². The number of H-pyrrole nitrogens is 1. The van der Waals surface area contributed by atoms with E-state index < -0.39 is 5.91 Å². The Labute approximate surface area is 139 Å². The summed E-state index contributed by atoms with van der Waals surface area (Å²) in [6, 6.07) is 8.71. The molecule has 3 N–H and O–H groups in total. The van der Waals surface area contributed by atoms with E-state index in [0.29, 0.717) is 0 Å². The Hall–Kier alpha value is -2.67. The summed E-state index contributed by atoms with van der Waals surface area (Å²) in [5, 5.41) is 5.45. The number of fused-ring (bicyclic) bond motifs is 1. The first-order chi connectivity index (χ1) is 11.7. The summed E-state index contributed by atoms with van der Waals surface area (Å²) in [7, 11) is 0. The Morgan fingerprint density at radius 2 is 2.29 bits per heavy atom. The molecule has 124 valence electrons. The highest BCUT2D eigenvalue weighted by molar-refractivity contribution is 5.88. The van der Waals surface area contributed by atoms with Crippen LogP contribution in [0, 0.1) is 0 Å². The Kier molecular flexibility index (Phi) is 3.78. The number of nitrogens with two attached hydrogens (primary N) is 1. The fraction of sp³-hybridized carbons (Fsp3) is 0.353. The number of rotatable bonds is 4. The fourth-order valence-corrected chi connectivity index (χ4v) is 3.48. The van der Waals surface area contributed by atoms with Crippen LogP contribution in [0.1, 0.15) is 35.1 Å². The molecule has 1 fully saturated rings. The average molecular weight is 324 g/mol. The van der Waals surface area contributed by atoms with Crippen molar-refractivity contribution in [2.24, 2.45) is 5.73 Å². The topological polar surface area (TPSA) is 92.8 Å². The maximum absolute atomic E-state index is 11.2. The summed E-state index contributed by atoms with van der Waals surface area (Å²) < 4.78 is 1.78. The van der Waals surface area contributed by atoms with Gasteiger partial charge in [-0.15, -0.1) is 5.10 Å². The smallest absolute Gasteiger partial charge is 0.288 e. The van der Waals surface area contributed by atoms with Gasteiger partial charge in [-0.3, -0.25) is 9.69 Å². The van der Waals surface area contributed by atoms with E-state index in [4.69, 9.17) is 5.73 Å². The molecular weight excluding hydrogens is 304 g/mol. The Balaban J connectivity index is 1.50. The largest absolute Gasteiger partial charge is 0.363 e. The first-order valence-corrected chi connectivity index (χ1v) is 8.19. The van der Waals surface area contributed by atoms with Crippen molar-refractivity contribution in [3.63, 3.8) is 0 Å². The van der Waals surface area contributed by atoms with E-state index in [9.17, 15) is 4.79 Å². The molecule has 1 aromatic carbocycles. The lowest BCUT2D eigenvalue weighted by atomic mass is 10.0. The summed E-state index contributed by atoms with van der Waals surface area (Å²) in [6.45, 7) is 2.84. The molecule has 1 saturated heterocycles. The minimum Gasteiger partial charge on any atom is -0.363 e. The number of nitrogens with zero attached hydrogens (tertiary/aromatic N) is 4. The van der Waals surface area contributed by atoms with Gasteiger partial charge in [0.1, 0.15) is 6.33 Å². The monoisotopic (exact) mass is 324 g/mol. The van der Waals surface area contributed by atoms with E-state index in [1.54, 1.807) is 11.0 Å². The van der Waals surface area contributed by atoms with Crippen molar-refractivity contribution >= 4 is 16.8 Å². The van der Waals surface area contributed by atoms with Gasteiger partial charge in [0, 0.05) is 24.8 Å². The van der Waals surface area contributed by atoms with E-state index in [2.05, 4.69) is 44.2 Å². The molecule has 4 rings (SSSR count). The highest BCUT2D eigenvalue weighted by Gasteiger charge is 2.23. The summed E-state index contributed by atoms with van der Waals surface area (Å²) in [4.78, 5) is 20.9. The van der Waals surface area contributed by atoms with Gasteiger partial charge in [-0.2, -0.15) is 0 Å². The van der Waals surface area contributed by atoms with Gasteiger partial charge in [-0.05, 0) is 36.4 Å². The van der Waals surface area contributed by atoms with Gasteiger partial charge in [0.15, 0.2) is 0 Å². The zero-order chi connectivity index (χ0) is 16.5. The maximum atomic E-state index is 11.2.